The third-order valence-electron chi connectivity index (χ3n) is 3.71. The summed E-state index contributed by atoms with van der Waals surface area (Å²) in [6.07, 6.45) is 7.65. The first kappa shape index (κ1) is 15.0. The summed E-state index contributed by atoms with van der Waals surface area (Å²) >= 11 is 0. The molecule has 3 rings (SSSR count). The molecule has 0 saturated carbocycles. The molecule has 0 aliphatic rings. The zero-order valence-electron chi connectivity index (χ0n) is 12.9. The fourth-order valence-electron chi connectivity index (χ4n) is 2.44. The number of hydrogen-bond acceptors (Lipinski definition) is 4. The van der Waals surface area contributed by atoms with E-state index in [9.17, 15) is 9.59 Å². The Balaban J connectivity index is 1.80. The Hall–Kier alpha value is -2.96. The van der Waals surface area contributed by atoms with Crippen LogP contribution in [0.5, 0.6) is 0 Å². The van der Waals surface area contributed by atoms with Crippen LogP contribution in [0.15, 0.2) is 43.0 Å². The number of imidazole rings is 1. The van der Waals surface area contributed by atoms with Crippen LogP contribution in [-0.2, 0) is 11.8 Å². The number of carbonyl (C=O) groups is 2. The SMILES string of the molecule is CC[C@H](NC(=O)C(=O)c1cccn1C)c1cn2cccnc2n1. The smallest absolute Gasteiger partial charge is 0.294 e. The number of Topliss-reactive ketones (excluding diaryl/α,β-unsaturated/α-hetero) is 1. The van der Waals surface area contributed by atoms with Crippen molar-refractivity contribution in [1.29, 1.82) is 0 Å². The van der Waals surface area contributed by atoms with Crippen LogP contribution in [0.3, 0.4) is 0 Å². The predicted octanol–water partition coefficient (Wildman–Crippen LogP) is 1.52. The quantitative estimate of drug-likeness (QED) is 0.572. The van der Waals surface area contributed by atoms with Gasteiger partial charge in [-0.25, -0.2) is 9.97 Å². The number of aryl methyl sites for hydroxylation is 1. The van der Waals surface area contributed by atoms with Crippen LogP contribution in [0.1, 0.15) is 35.6 Å². The summed E-state index contributed by atoms with van der Waals surface area (Å²) in [7, 11) is 1.73. The molecule has 3 aromatic heterocycles. The van der Waals surface area contributed by atoms with Crippen molar-refractivity contribution in [2.75, 3.05) is 0 Å². The highest BCUT2D eigenvalue weighted by atomic mass is 16.2. The van der Waals surface area contributed by atoms with Gasteiger partial charge in [0.05, 0.1) is 17.4 Å². The van der Waals surface area contributed by atoms with Gasteiger partial charge in [-0.2, -0.15) is 0 Å². The minimum atomic E-state index is -0.635. The van der Waals surface area contributed by atoms with Crippen molar-refractivity contribution in [3.05, 3.63) is 54.4 Å². The average molecular weight is 311 g/mol. The van der Waals surface area contributed by atoms with Crippen molar-refractivity contribution in [3.8, 4) is 0 Å². The van der Waals surface area contributed by atoms with E-state index in [4.69, 9.17) is 0 Å². The topological polar surface area (TPSA) is 81.3 Å². The van der Waals surface area contributed by atoms with E-state index in [1.165, 1.54) is 0 Å². The van der Waals surface area contributed by atoms with Crippen LogP contribution in [-0.4, -0.2) is 30.6 Å². The molecule has 0 aromatic carbocycles. The molecule has 7 heteroatoms. The molecule has 0 unspecified atom stereocenters. The lowest BCUT2D eigenvalue weighted by Crippen LogP contribution is -2.35. The number of hydrogen-bond donors (Lipinski definition) is 1. The van der Waals surface area contributed by atoms with E-state index < -0.39 is 11.7 Å². The van der Waals surface area contributed by atoms with Crippen LogP contribution in [0.4, 0.5) is 0 Å². The van der Waals surface area contributed by atoms with Gasteiger partial charge in [0.15, 0.2) is 0 Å². The van der Waals surface area contributed by atoms with E-state index in [2.05, 4.69) is 15.3 Å². The van der Waals surface area contributed by atoms with Crippen LogP contribution in [0.2, 0.25) is 0 Å². The van der Waals surface area contributed by atoms with Crippen molar-refractivity contribution < 1.29 is 9.59 Å². The Kier molecular flexibility index (Phi) is 3.92. The van der Waals surface area contributed by atoms with Crippen LogP contribution in [0.25, 0.3) is 5.78 Å². The Bertz CT molecular complexity index is 831. The minimum absolute atomic E-state index is 0.339. The number of aromatic nitrogens is 4. The summed E-state index contributed by atoms with van der Waals surface area (Å²) in [6.45, 7) is 1.93. The lowest BCUT2D eigenvalue weighted by Gasteiger charge is -2.14. The summed E-state index contributed by atoms with van der Waals surface area (Å²) in [5.74, 6) is -0.634. The van der Waals surface area contributed by atoms with Gasteiger partial charge in [-0.1, -0.05) is 6.92 Å². The third kappa shape index (κ3) is 2.85. The zero-order valence-corrected chi connectivity index (χ0v) is 12.9. The number of nitrogens with zero attached hydrogens (tertiary/aromatic N) is 4. The normalized spacial score (nSPS) is 12.3. The molecule has 23 heavy (non-hydrogen) atoms. The van der Waals surface area contributed by atoms with Crippen molar-refractivity contribution in [3.63, 3.8) is 0 Å². The molecule has 0 spiro atoms. The molecule has 0 bridgehead atoms. The molecule has 0 fully saturated rings. The van der Waals surface area contributed by atoms with Gasteiger partial charge in [-0.05, 0) is 24.6 Å². The zero-order chi connectivity index (χ0) is 16.4. The van der Waals surface area contributed by atoms with E-state index in [0.29, 0.717) is 23.6 Å². The maximum Gasteiger partial charge on any atom is 0.294 e. The Morgan fingerprint density at radius 3 is 2.78 bits per heavy atom. The molecule has 0 aliphatic carbocycles. The molecule has 1 atom stereocenters. The Morgan fingerprint density at radius 1 is 1.30 bits per heavy atom. The van der Waals surface area contributed by atoms with Crippen molar-refractivity contribution >= 4 is 17.5 Å². The van der Waals surface area contributed by atoms with Gasteiger partial charge in [-0.15, -0.1) is 0 Å². The second kappa shape index (κ2) is 6.04. The van der Waals surface area contributed by atoms with Gasteiger partial charge in [0.2, 0.25) is 5.78 Å². The first-order valence-corrected chi connectivity index (χ1v) is 7.36. The summed E-state index contributed by atoms with van der Waals surface area (Å²) < 4.78 is 3.40. The Labute approximate surface area is 133 Å². The first-order valence-electron chi connectivity index (χ1n) is 7.36. The molecule has 0 saturated heterocycles. The molecule has 3 heterocycles. The maximum atomic E-state index is 12.2. The summed E-state index contributed by atoms with van der Waals surface area (Å²) in [5.41, 5.74) is 1.04. The number of amides is 1. The van der Waals surface area contributed by atoms with E-state index in [1.807, 2.05) is 19.3 Å². The highest BCUT2D eigenvalue weighted by molar-refractivity contribution is 6.42. The average Bonchev–Trinajstić information content (AvgIpc) is 3.17. The highest BCUT2D eigenvalue weighted by Crippen LogP contribution is 2.16. The van der Waals surface area contributed by atoms with Gasteiger partial charge >= 0.3 is 0 Å². The molecule has 1 amide bonds. The van der Waals surface area contributed by atoms with Gasteiger partial charge in [0.1, 0.15) is 0 Å². The largest absolute Gasteiger partial charge is 0.348 e. The van der Waals surface area contributed by atoms with E-state index in [0.717, 1.165) is 0 Å². The van der Waals surface area contributed by atoms with E-state index in [-0.39, 0.29) is 6.04 Å². The second-order valence-corrected chi connectivity index (χ2v) is 5.26. The van der Waals surface area contributed by atoms with Gasteiger partial charge < -0.3 is 9.88 Å². The van der Waals surface area contributed by atoms with E-state index in [1.54, 1.807) is 46.6 Å². The summed E-state index contributed by atoms with van der Waals surface area (Å²) in [4.78, 5) is 33.0. The maximum absolute atomic E-state index is 12.2. The second-order valence-electron chi connectivity index (χ2n) is 5.26. The fraction of sp³-hybridized carbons (Fsp3) is 0.250. The highest BCUT2D eigenvalue weighted by Gasteiger charge is 2.23. The van der Waals surface area contributed by atoms with Crippen molar-refractivity contribution in [2.45, 2.75) is 19.4 Å². The van der Waals surface area contributed by atoms with Crippen molar-refractivity contribution in [1.82, 2.24) is 24.3 Å². The molecule has 0 aliphatic heterocycles. The first-order chi connectivity index (χ1) is 11.1. The molecular weight excluding hydrogens is 294 g/mol. The third-order valence-corrected chi connectivity index (χ3v) is 3.71. The number of rotatable bonds is 5. The predicted molar refractivity (Wildman–Crippen MR) is 83.9 cm³/mol. The fourth-order valence-corrected chi connectivity index (χ4v) is 2.44. The van der Waals surface area contributed by atoms with Gasteiger partial charge in [-0.3, -0.25) is 14.0 Å². The minimum Gasteiger partial charge on any atom is -0.348 e. The van der Waals surface area contributed by atoms with Crippen LogP contribution in [0, 0.1) is 0 Å². The number of nitrogens with one attached hydrogen (secondary N) is 1. The summed E-state index contributed by atoms with van der Waals surface area (Å²) in [6, 6.07) is 4.81. The number of carbonyl (C=O) groups excluding carboxylic acids is 2. The molecule has 118 valence electrons. The Morgan fingerprint density at radius 2 is 2.13 bits per heavy atom. The molecule has 7 nitrogen and oxygen atoms in total. The van der Waals surface area contributed by atoms with Gasteiger partial charge in [0, 0.05) is 31.8 Å². The molecule has 3 aromatic rings. The van der Waals surface area contributed by atoms with Gasteiger partial charge in [0.25, 0.3) is 11.7 Å². The molecule has 0 radical (unpaired) electrons. The standard InChI is InChI=1S/C16H17N5O2/c1-3-11(12-10-21-9-5-7-17-16(21)19-12)18-15(23)14(22)13-6-4-8-20(13)2/h4-11H,3H2,1-2H3,(H,18,23)/t11-/m0/s1. The molecular formula is C16H17N5O2. The number of fused-ring (bicyclic) bond motifs is 1. The van der Waals surface area contributed by atoms with Crippen molar-refractivity contribution in [2.24, 2.45) is 7.05 Å². The lowest BCUT2D eigenvalue weighted by atomic mass is 10.1. The monoisotopic (exact) mass is 311 g/mol. The van der Waals surface area contributed by atoms with E-state index >= 15 is 0 Å². The van der Waals surface area contributed by atoms with Crippen LogP contribution < -0.4 is 5.32 Å². The summed E-state index contributed by atoms with van der Waals surface area (Å²) in [5, 5.41) is 2.75. The molecule has 1 N–H and O–H groups in total. The lowest BCUT2D eigenvalue weighted by molar-refractivity contribution is -0.117. The van der Waals surface area contributed by atoms with Crippen LogP contribution >= 0.6 is 0 Å². The number of ketones is 1.